The average Bonchev–Trinajstić information content (AvgIpc) is 3.18. The molecule has 142 valence electrons. The van der Waals surface area contributed by atoms with Gasteiger partial charge in [-0.2, -0.15) is 0 Å². The van der Waals surface area contributed by atoms with E-state index in [4.69, 9.17) is 0 Å². The van der Waals surface area contributed by atoms with Crippen molar-refractivity contribution in [1.29, 1.82) is 0 Å². The molecule has 1 fully saturated rings. The average molecular weight is 377 g/mol. The molecule has 3 aromatic rings. The number of aromatic amines is 1. The van der Waals surface area contributed by atoms with Crippen LogP contribution >= 0.6 is 0 Å². The highest BCUT2D eigenvalue weighted by molar-refractivity contribution is 5.94. The van der Waals surface area contributed by atoms with Gasteiger partial charge in [0.25, 0.3) is 11.5 Å². The van der Waals surface area contributed by atoms with E-state index in [1.165, 1.54) is 12.3 Å². The Kier molecular flexibility index (Phi) is 4.77. The van der Waals surface area contributed by atoms with Crippen molar-refractivity contribution in [2.45, 2.75) is 19.3 Å². The number of amides is 1. The lowest BCUT2D eigenvalue weighted by atomic mass is 9.98. The topological polar surface area (TPSA) is 66.1 Å². The Morgan fingerprint density at radius 3 is 2.64 bits per heavy atom. The molecule has 28 heavy (non-hydrogen) atoms. The van der Waals surface area contributed by atoms with Gasteiger partial charge in [-0.15, -0.1) is 0 Å². The van der Waals surface area contributed by atoms with Crippen LogP contribution in [0.15, 0.2) is 59.5 Å². The van der Waals surface area contributed by atoms with Crippen LogP contribution in [0.4, 0.5) is 4.39 Å². The Hall–Kier alpha value is -3.28. The molecule has 1 amide bonds. The molecule has 5 nitrogen and oxygen atoms in total. The Morgan fingerprint density at radius 2 is 1.93 bits per heavy atom. The van der Waals surface area contributed by atoms with Gasteiger partial charge in [-0.05, 0) is 25.0 Å². The molecule has 6 heteroatoms. The molecular weight excluding hydrogens is 357 g/mol. The monoisotopic (exact) mass is 377 g/mol. The number of likely N-dealkylation sites (tertiary alicyclic amines) is 1. The zero-order valence-electron chi connectivity index (χ0n) is 15.5. The van der Waals surface area contributed by atoms with Crippen LogP contribution in [0.1, 0.15) is 33.8 Å². The standard InChI is InChI=1S/C22H20FN3O2/c1-14-6-8-15(9-7-14)20-24-12-18(21(27)25-20)22(28)26-11-10-16(13-26)17-4-2-3-5-19(17)23/h2-9,12,16H,10-11,13H2,1H3,(H,24,25,27)/t16-/m0/s1. The van der Waals surface area contributed by atoms with E-state index in [0.29, 0.717) is 30.9 Å². The minimum Gasteiger partial charge on any atom is -0.338 e. The van der Waals surface area contributed by atoms with E-state index in [0.717, 1.165) is 11.1 Å². The van der Waals surface area contributed by atoms with Gasteiger partial charge >= 0.3 is 0 Å². The first-order valence-corrected chi connectivity index (χ1v) is 9.23. The Labute approximate surface area is 161 Å². The fraction of sp³-hybridized carbons (Fsp3) is 0.227. The van der Waals surface area contributed by atoms with E-state index in [1.807, 2.05) is 31.2 Å². The van der Waals surface area contributed by atoms with E-state index in [-0.39, 0.29) is 23.2 Å². The lowest BCUT2D eigenvalue weighted by molar-refractivity contribution is 0.0788. The summed E-state index contributed by atoms with van der Waals surface area (Å²) in [7, 11) is 0. The molecule has 1 atom stereocenters. The van der Waals surface area contributed by atoms with Crippen LogP contribution in [-0.2, 0) is 0 Å². The van der Waals surface area contributed by atoms with Crippen LogP contribution in [0.5, 0.6) is 0 Å². The molecular formula is C22H20FN3O2. The van der Waals surface area contributed by atoms with Gasteiger partial charge in [0.2, 0.25) is 0 Å². The first-order valence-electron chi connectivity index (χ1n) is 9.23. The molecule has 1 aromatic heterocycles. The summed E-state index contributed by atoms with van der Waals surface area (Å²) < 4.78 is 14.0. The van der Waals surface area contributed by atoms with Gasteiger partial charge in [0.05, 0.1) is 0 Å². The van der Waals surface area contributed by atoms with Crippen LogP contribution < -0.4 is 5.56 Å². The first-order chi connectivity index (χ1) is 13.5. The van der Waals surface area contributed by atoms with Gasteiger partial charge in [-0.25, -0.2) is 9.37 Å². The Morgan fingerprint density at radius 1 is 1.18 bits per heavy atom. The van der Waals surface area contributed by atoms with Crippen LogP contribution in [0.25, 0.3) is 11.4 Å². The molecule has 0 radical (unpaired) electrons. The third-order valence-corrected chi connectivity index (χ3v) is 5.18. The number of hydrogen-bond donors (Lipinski definition) is 1. The summed E-state index contributed by atoms with van der Waals surface area (Å²) in [4.78, 5) is 33.8. The van der Waals surface area contributed by atoms with Crippen molar-refractivity contribution in [3.63, 3.8) is 0 Å². The summed E-state index contributed by atoms with van der Waals surface area (Å²) in [5.41, 5.74) is 2.04. The maximum absolute atomic E-state index is 14.0. The SMILES string of the molecule is Cc1ccc(-c2ncc(C(=O)N3CC[C@H](c4ccccc4F)C3)c(=O)[nH]2)cc1. The van der Waals surface area contributed by atoms with Gasteiger partial charge in [0.15, 0.2) is 0 Å². The zero-order valence-corrected chi connectivity index (χ0v) is 15.5. The fourth-order valence-electron chi connectivity index (χ4n) is 3.58. The van der Waals surface area contributed by atoms with Crippen molar-refractivity contribution in [3.8, 4) is 11.4 Å². The van der Waals surface area contributed by atoms with Gasteiger partial charge < -0.3 is 9.88 Å². The smallest absolute Gasteiger partial charge is 0.264 e. The molecule has 1 aliphatic rings. The number of aromatic nitrogens is 2. The molecule has 0 aliphatic carbocycles. The van der Waals surface area contributed by atoms with E-state index in [2.05, 4.69) is 9.97 Å². The molecule has 0 unspecified atom stereocenters. The number of nitrogens with zero attached hydrogens (tertiary/aromatic N) is 2. The van der Waals surface area contributed by atoms with Crippen LogP contribution in [-0.4, -0.2) is 33.9 Å². The number of carbonyl (C=O) groups is 1. The number of nitrogens with one attached hydrogen (secondary N) is 1. The summed E-state index contributed by atoms with van der Waals surface area (Å²) in [5, 5.41) is 0. The van der Waals surface area contributed by atoms with Crippen molar-refractivity contribution in [1.82, 2.24) is 14.9 Å². The number of hydrogen-bond acceptors (Lipinski definition) is 3. The molecule has 0 spiro atoms. The van der Waals surface area contributed by atoms with Crippen molar-refractivity contribution in [3.05, 3.63) is 87.6 Å². The second kappa shape index (κ2) is 7.38. The maximum Gasteiger partial charge on any atom is 0.264 e. The van der Waals surface area contributed by atoms with Crippen molar-refractivity contribution < 1.29 is 9.18 Å². The minimum atomic E-state index is -0.468. The number of benzene rings is 2. The predicted octanol–water partition coefficient (Wildman–Crippen LogP) is 3.51. The summed E-state index contributed by atoms with van der Waals surface area (Å²) in [6.45, 7) is 2.85. The number of carbonyl (C=O) groups excluding carboxylic acids is 1. The number of H-pyrrole nitrogens is 1. The van der Waals surface area contributed by atoms with E-state index in [9.17, 15) is 14.0 Å². The van der Waals surface area contributed by atoms with Crippen molar-refractivity contribution >= 4 is 5.91 Å². The normalized spacial score (nSPS) is 16.4. The predicted molar refractivity (Wildman–Crippen MR) is 105 cm³/mol. The van der Waals surface area contributed by atoms with Crippen molar-refractivity contribution in [2.24, 2.45) is 0 Å². The second-order valence-electron chi connectivity index (χ2n) is 7.10. The molecule has 1 saturated heterocycles. The highest BCUT2D eigenvalue weighted by atomic mass is 19.1. The third kappa shape index (κ3) is 3.45. The Bertz CT molecular complexity index is 1080. The summed E-state index contributed by atoms with van der Waals surface area (Å²) in [6, 6.07) is 14.2. The van der Waals surface area contributed by atoms with Crippen LogP contribution in [0, 0.1) is 12.7 Å². The fourth-order valence-corrected chi connectivity index (χ4v) is 3.58. The minimum absolute atomic E-state index is 0.00467. The molecule has 1 aliphatic heterocycles. The molecule has 2 aromatic carbocycles. The van der Waals surface area contributed by atoms with Gasteiger partial charge in [-0.1, -0.05) is 48.0 Å². The lowest BCUT2D eigenvalue weighted by Gasteiger charge is -2.16. The molecule has 0 bridgehead atoms. The van der Waals surface area contributed by atoms with Crippen LogP contribution in [0.3, 0.4) is 0 Å². The number of aryl methyl sites for hydroxylation is 1. The van der Waals surface area contributed by atoms with Gasteiger partial charge in [0, 0.05) is 30.8 Å². The van der Waals surface area contributed by atoms with Crippen LogP contribution in [0.2, 0.25) is 0 Å². The molecule has 2 heterocycles. The number of halogens is 1. The highest BCUT2D eigenvalue weighted by Crippen LogP contribution is 2.29. The van der Waals surface area contributed by atoms with E-state index >= 15 is 0 Å². The van der Waals surface area contributed by atoms with Gasteiger partial charge in [0.1, 0.15) is 17.2 Å². The quantitative estimate of drug-likeness (QED) is 0.760. The molecule has 4 rings (SSSR count). The summed E-state index contributed by atoms with van der Waals surface area (Å²) >= 11 is 0. The van der Waals surface area contributed by atoms with E-state index in [1.54, 1.807) is 23.1 Å². The van der Waals surface area contributed by atoms with Gasteiger partial charge in [-0.3, -0.25) is 9.59 Å². The number of rotatable bonds is 3. The van der Waals surface area contributed by atoms with Crippen molar-refractivity contribution in [2.75, 3.05) is 13.1 Å². The Balaban J connectivity index is 1.53. The summed E-state index contributed by atoms with van der Waals surface area (Å²) in [6.07, 6.45) is 1.99. The first kappa shape index (κ1) is 18.1. The second-order valence-corrected chi connectivity index (χ2v) is 7.10. The zero-order chi connectivity index (χ0) is 19.7. The third-order valence-electron chi connectivity index (χ3n) is 5.18. The van der Waals surface area contributed by atoms with E-state index < -0.39 is 5.56 Å². The maximum atomic E-state index is 14.0. The summed E-state index contributed by atoms with van der Waals surface area (Å²) in [5.74, 6) is -0.275. The molecule has 0 saturated carbocycles. The highest BCUT2D eigenvalue weighted by Gasteiger charge is 2.30. The largest absolute Gasteiger partial charge is 0.338 e. The lowest BCUT2D eigenvalue weighted by Crippen LogP contribution is -2.33. The molecule has 1 N–H and O–H groups in total.